The number of carbonyl (C=O) groups is 1. The van der Waals surface area contributed by atoms with Crippen LogP contribution < -0.4 is 10.1 Å². The van der Waals surface area contributed by atoms with Crippen molar-refractivity contribution in [2.75, 3.05) is 31.7 Å². The van der Waals surface area contributed by atoms with Gasteiger partial charge in [0.1, 0.15) is 18.4 Å². The molecular weight excluding hydrogens is 470 g/mol. The second-order valence-corrected chi connectivity index (χ2v) is 8.93. The molecule has 1 saturated heterocycles. The third-order valence-electron chi connectivity index (χ3n) is 5.86. The first kappa shape index (κ1) is 25.1. The molecule has 0 bridgehead atoms. The van der Waals surface area contributed by atoms with Crippen molar-refractivity contribution in [1.29, 1.82) is 0 Å². The molecule has 0 spiro atoms. The molecule has 1 aliphatic heterocycles. The van der Waals surface area contributed by atoms with Crippen molar-refractivity contribution in [1.82, 2.24) is 9.97 Å². The zero-order valence-corrected chi connectivity index (χ0v) is 20.2. The molecule has 4 rings (SSSR count). The van der Waals surface area contributed by atoms with Gasteiger partial charge in [-0.2, -0.15) is 0 Å². The Morgan fingerprint density at radius 1 is 1.23 bits per heavy atom. The van der Waals surface area contributed by atoms with Gasteiger partial charge in [0.2, 0.25) is 5.88 Å². The maximum absolute atomic E-state index is 12.7. The summed E-state index contributed by atoms with van der Waals surface area (Å²) < 4.78 is 11.2. The fourth-order valence-corrected chi connectivity index (χ4v) is 4.09. The Balaban J connectivity index is 1.65. The van der Waals surface area contributed by atoms with Crippen LogP contribution in [0.25, 0.3) is 11.1 Å². The number of benzene rings is 1. The number of nitrogens with one attached hydrogen (secondary N) is 1. The van der Waals surface area contributed by atoms with E-state index in [4.69, 9.17) is 26.2 Å². The SMILES string of the molecule is Cc1ccc(NC(=O)c2cc(Cl)ccn2)cc1-c1cc(OCC(O)CO)nc(C2CCOCC2)c1. The number of anilines is 1. The van der Waals surface area contributed by atoms with Crippen molar-refractivity contribution in [2.24, 2.45) is 0 Å². The van der Waals surface area contributed by atoms with Crippen LogP contribution in [0.1, 0.15) is 40.5 Å². The topological polar surface area (TPSA) is 114 Å². The zero-order valence-electron chi connectivity index (χ0n) is 19.4. The van der Waals surface area contributed by atoms with E-state index in [1.165, 1.54) is 12.3 Å². The number of ether oxygens (including phenoxy) is 2. The Labute approximate surface area is 208 Å². The van der Waals surface area contributed by atoms with Gasteiger partial charge in [0.15, 0.2) is 0 Å². The lowest BCUT2D eigenvalue weighted by Crippen LogP contribution is -2.22. The second kappa shape index (κ2) is 11.6. The number of pyridine rings is 2. The minimum Gasteiger partial charge on any atom is -0.475 e. The number of halogens is 1. The summed E-state index contributed by atoms with van der Waals surface area (Å²) in [7, 11) is 0. The fourth-order valence-electron chi connectivity index (χ4n) is 3.93. The third kappa shape index (κ3) is 6.55. The number of aryl methyl sites for hydroxylation is 1. The van der Waals surface area contributed by atoms with Crippen LogP contribution in [0.3, 0.4) is 0 Å². The molecule has 0 radical (unpaired) electrons. The van der Waals surface area contributed by atoms with E-state index in [1.807, 2.05) is 31.2 Å². The van der Waals surface area contributed by atoms with Crippen molar-refractivity contribution in [2.45, 2.75) is 31.8 Å². The number of nitrogens with zero attached hydrogens (tertiary/aromatic N) is 2. The quantitative estimate of drug-likeness (QED) is 0.431. The predicted molar refractivity (Wildman–Crippen MR) is 133 cm³/mol. The average molecular weight is 498 g/mol. The molecule has 1 fully saturated rings. The Morgan fingerprint density at radius 3 is 2.77 bits per heavy atom. The summed E-state index contributed by atoms with van der Waals surface area (Å²) in [6, 6.07) is 12.6. The Kier molecular flexibility index (Phi) is 8.30. The number of hydrogen-bond acceptors (Lipinski definition) is 7. The molecule has 1 amide bonds. The van der Waals surface area contributed by atoms with E-state index in [2.05, 4.69) is 15.3 Å². The van der Waals surface area contributed by atoms with Crippen LogP contribution >= 0.6 is 11.6 Å². The van der Waals surface area contributed by atoms with Crippen molar-refractivity contribution in [3.05, 3.63) is 70.6 Å². The van der Waals surface area contributed by atoms with Crippen LogP contribution in [0.4, 0.5) is 5.69 Å². The highest BCUT2D eigenvalue weighted by Gasteiger charge is 2.20. The third-order valence-corrected chi connectivity index (χ3v) is 6.09. The molecule has 3 aromatic rings. The van der Waals surface area contributed by atoms with Gasteiger partial charge in [-0.3, -0.25) is 9.78 Å². The number of hydrogen-bond donors (Lipinski definition) is 3. The van der Waals surface area contributed by atoms with Crippen LogP contribution in [0.15, 0.2) is 48.7 Å². The van der Waals surface area contributed by atoms with E-state index in [1.54, 1.807) is 12.1 Å². The molecule has 2 aromatic heterocycles. The fraction of sp³-hybridized carbons (Fsp3) is 0.346. The van der Waals surface area contributed by atoms with E-state index in [-0.39, 0.29) is 24.1 Å². The van der Waals surface area contributed by atoms with Gasteiger partial charge in [-0.25, -0.2) is 4.98 Å². The van der Waals surface area contributed by atoms with E-state index in [9.17, 15) is 9.90 Å². The smallest absolute Gasteiger partial charge is 0.274 e. The van der Waals surface area contributed by atoms with Gasteiger partial charge in [0, 0.05) is 47.8 Å². The Hall–Kier alpha value is -3.04. The number of aliphatic hydroxyl groups is 2. The summed E-state index contributed by atoms with van der Waals surface area (Å²) in [5.41, 5.74) is 4.52. The molecule has 1 unspecified atom stereocenters. The zero-order chi connectivity index (χ0) is 24.8. The number of carbonyl (C=O) groups excluding carboxylic acids is 1. The molecule has 1 aliphatic rings. The Morgan fingerprint density at radius 2 is 2.03 bits per heavy atom. The first-order valence-corrected chi connectivity index (χ1v) is 11.9. The number of aromatic nitrogens is 2. The van der Waals surface area contributed by atoms with E-state index < -0.39 is 12.7 Å². The van der Waals surface area contributed by atoms with Gasteiger partial charge in [0.05, 0.1) is 6.61 Å². The van der Waals surface area contributed by atoms with E-state index >= 15 is 0 Å². The molecule has 3 N–H and O–H groups in total. The van der Waals surface area contributed by atoms with Gasteiger partial charge in [-0.1, -0.05) is 17.7 Å². The molecular formula is C26H28ClN3O5. The molecule has 3 heterocycles. The molecule has 1 aromatic carbocycles. The monoisotopic (exact) mass is 497 g/mol. The number of amides is 1. The van der Waals surface area contributed by atoms with Gasteiger partial charge in [-0.15, -0.1) is 0 Å². The highest BCUT2D eigenvalue weighted by atomic mass is 35.5. The van der Waals surface area contributed by atoms with Gasteiger partial charge in [-0.05, 0) is 66.8 Å². The highest BCUT2D eigenvalue weighted by Crippen LogP contribution is 2.34. The van der Waals surface area contributed by atoms with Crippen LogP contribution in [0.5, 0.6) is 5.88 Å². The first-order chi connectivity index (χ1) is 16.9. The predicted octanol–water partition coefficient (Wildman–Crippen LogP) is 3.98. The van der Waals surface area contributed by atoms with E-state index in [0.29, 0.717) is 29.8 Å². The lowest BCUT2D eigenvalue weighted by Gasteiger charge is -2.23. The highest BCUT2D eigenvalue weighted by molar-refractivity contribution is 6.30. The minimum absolute atomic E-state index is 0.0676. The lowest BCUT2D eigenvalue weighted by atomic mass is 9.92. The van der Waals surface area contributed by atoms with Crippen molar-refractivity contribution >= 4 is 23.2 Å². The first-order valence-electron chi connectivity index (χ1n) is 11.5. The average Bonchev–Trinajstić information content (AvgIpc) is 2.88. The maximum atomic E-state index is 12.7. The van der Waals surface area contributed by atoms with Crippen molar-refractivity contribution in [3.63, 3.8) is 0 Å². The second-order valence-electron chi connectivity index (χ2n) is 8.50. The van der Waals surface area contributed by atoms with Crippen molar-refractivity contribution in [3.8, 4) is 17.0 Å². The van der Waals surface area contributed by atoms with Crippen molar-refractivity contribution < 1.29 is 24.5 Å². The lowest BCUT2D eigenvalue weighted by molar-refractivity contribution is 0.0518. The maximum Gasteiger partial charge on any atom is 0.274 e. The molecule has 0 saturated carbocycles. The number of aliphatic hydroxyl groups excluding tert-OH is 2. The van der Waals surface area contributed by atoms with Gasteiger partial charge in [0.25, 0.3) is 5.91 Å². The number of rotatable bonds is 8. The summed E-state index contributed by atoms with van der Waals surface area (Å²) in [6.45, 7) is 2.88. The molecule has 9 heteroatoms. The van der Waals surface area contributed by atoms with Gasteiger partial charge >= 0.3 is 0 Å². The molecule has 1 atom stereocenters. The Bertz CT molecular complexity index is 1180. The van der Waals surface area contributed by atoms with Gasteiger partial charge < -0.3 is 25.0 Å². The molecule has 35 heavy (non-hydrogen) atoms. The standard InChI is InChI=1S/C26H28ClN3O5/c1-16-2-3-20(29-26(33)24-12-19(27)4-7-28-24)13-22(16)18-10-23(17-5-8-34-9-6-17)30-25(11-18)35-15-21(32)14-31/h2-4,7,10-13,17,21,31-32H,5-6,8-9,14-15H2,1H3,(H,29,33). The van der Waals surface area contributed by atoms with Crippen LogP contribution in [-0.2, 0) is 4.74 Å². The minimum atomic E-state index is -0.993. The molecule has 8 nitrogen and oxygen atoms in total. The summed E-state index contributed by atoms with van der Waals surface area (Å²) in [6.07, 6.45) is 2.21. The normalized spacial score (nSPS) is 15.0. The summed E-state index contributed by atoms with van der Waals surface area (Å²) >= 11 is 5.99. The molecule has 184 valence electrons. The largest absolute Gasteiger partial charge is 0.475 e. The molecule has 0 aliphatic carbocycles. The summed E-state index contributed by atoms with van der Waals surface area (Å²) in [5.74, 6) is 0.237. The van der Waals surface area contributed by atoms with Crippen LogP contribution in [-0.4, -0.2) is 58.6 Å². The van der Waals surface area contributed by atoms with Crippen LogP contribution in [0.2, 0.25) is 5.02 Å². The summed E-state index contributed by atoms with van der Waals surface area (Å²) in [5, 5.41) is 22.2. The summed E-state index contributed by atoms with van der Waals surface area (Å²) in [4.78, 5) is 21.4. The van der Waals surface area contributed by atoms with Crippen LogP contribution in [0, 0.1) is 6.92 Å². The van der Waals surface area contributed by atoms with E-state index in [0.717, 1.165) is 35.2 Å².